The summed E-state index contributed by atoms with van der Waals surface area (Å²) in [5, 5.41) is 0. The zero-order valence-corrected chi connectivity index (χ0v) is 10.5. The van der Waals surface area contributed by atoms with Crippen molar-refractivity contribution in [2.45, 2.75) is 25.3 Å². The van der Waals surface area contributed by atoms with Gasteiger partial charge in [0, 0.05) is 17.9 Å². The Balaban J connectivity index is 1.91. The SMILES string of the molecule is NC(CCc1ccccn1)Cc1cccc(F)c1F. The molecule has 0 aliphatic carbocycles. The number of benzene rings is 1. The monoisotopic (exact) mass is 262 g/mol. The van der Waals surface area contributed by atoms with E-state index in [1.165, 1.54) is 6.07 Å². The molecule has 0 saturated carbocycles. The maximum Gasteiger partial charge on any atom is 0.162 e. The zero-order chi connectivity index (χ0) is 13.7. The molecule has 2 N–H and O–H groups in total. The van der Waals surface area contributed by atoms with E-state index in [1.54, 1.807) is 12.3 Å². The summed E-state index contributed by atoms with van der Waals surface area (Å²) in [5.41, 5.74) is 7.24. The molecule has 0 amide bonds. The van der Waals surface area contributed by atoms with Gasteiger partial charge in [-0.2, -0.15) is 0 Å². The van der Waals surface area contributed by atoms with Crippen LogP contribution in [0.2, 0.25) is 0 Å². The van der Waals surface area contributed by atoms with Crippen molar-refractivity contribution in [3.8, 4) is 0 Å². The average molecular weight is 262 g/mol. The molecule has 19 heavy (non-hydrogen) atoms. The third-order valence-electron chi connectivity index (χ3n) is 3.01. The van der Waals surface area contributed by atoms with Crippen molar-refractivity contribution in [1.82, 2.24) is 4.98 Å². The van der Waals surface area contributed by atoms with E-state index in [2.05, 4.69) is 4.98 Å². The second-order valence-corrected chi connectivity index (χ2v) is 4.54. The van der Waals surface area contributed by atoms with Gasteiger partial charge in [0.25, 0.3) is 0 Å². The second-order valence-electron chi connectivity index (χ2n) is 4.54. The lowest BCUT2D eigenvalue weighted by atomic mass is 10.0. The van der Waals surface area contributed by atoms with Crippen LogP contribution in [0.5, 0.6) is 0 Å². The summed E-state index contributed by atoms with van der Waals surface area (Å²) in [6, 6.07) is 9.66. The normalized spacial score (nSPS) is 12.4. The van der Waals surface area contributed by atoms with Gasteiger partial charge in [0.15, 0.2) is 11.6 Å². The van der Waals surface area contributed by atoms with Crippen LogP contribution in [0, 0.1) is 11.6 Å². The first-order valence-corrected chi connectivity index (χ1v) is 6.25. The van der Waals surface area contributed by atoms with Crippen LogP contribution in [0.4, 0.5) is 8.78 Å². The number of hydrogen-bond donors (Lipinski definition) is 1. The molecule has 2 aromatic rings. The fraction of sp³-hybridized carbons (Fsp3) is 0.267. The van der Waals surface area contributed by atoms with Gasteiger partial charge in [-0.05, 0) is 43.0 Å². The quantitative estimate of drug-likeness (QED) is 0.900. The first kappa shape index (κ1) is 13.6. The molecule has 0 radical (unpaired) electrons. The summed E-state index contributed by atoms with van der Waals surface area (Å²) in [5.74, 6) is -1.62. The molecule has 4 heteroatoms. The van der Waals surface area contributed by atoms with Gasteiger partial charge in [-0.3, -0.25) is 4.98 Å². The summed E-state index contributed by atoms with van der Waals surface area (Å²) in [4.78, 5) is 4.20. The zero-order valence-electron chi connectivity index (χ0n) is 10.5. The first-order chi connectivity index (χ1) is 9.16. The Labute approximate surface area is 111 Å². The van der Waals surface area contributed by atoms with Crippen molar-refractivity contribution in [2.75, 3.05) is 0 Å². The van der Waals surface area contributed by atoms with Crippen molar-refractivity contribution < 1.29 is 8.78 Å². The number of halogens is 2. The van der Waals surface area contributed by atoms with Crippen LogP contribution in [-0.2, 0) is 12.8 Å². The highest BCUT2D eigenvalue weighted by Crippen LogP contribution is 2.14. The Morgan fingerprint density at radius 2 is 1.95 bits per heavy atom. The van der Waals surface area contributed by atoms with E-state index in [-0.39, 0.29) is 6.04 Å². The van der Waals surface area contributed by atoms with Gasteiger partial charge < -0.3 is 5.73 Å². The second kappa shape index (κ2) is 6.38. The number of rotatable bonds is 5. The summed E-state index contributed by atoms with van der Waals surface area (Å²) in [6.45, 7) is 0. The number of aromatic nitrogens is 1. The molecule has 1 aromatic heterocycles. The number of pyridine rings is 1. The molecule has 1 atom stereocenters. The number of aryl methyl sites for hydroxylation is 1. The van der Waals surface area contributed by atoms with Crippen molar-refractivity contribution in [1.29, 1.82) is 0 Å². The van der Waals surface area contributed by atoms with Crippen molar-refractivity contribution in [3.63, 3.8) is 0 Å². The molecule has 2 rings (SSSR count). The van der Waals surface area contributed by atoms with E-state index in [9.17, 15) is 8.78 Å². The van der Waals surface area contributed by atoms with Crippen LogP contribution in [0.1, 0.15) is 17.7 Å². The fourth-order valence-corrected chi connectivity index (χ4v) is 1.97. The van der Waals surface area contributed by atoms with Gasteiger partial charge in [0.1, 0.15) is 0 Å². The largest absolute Gasteiger partial charge is 0.327 e. The summed E-state index contributed by atoms with van der Waals surface area (Å²) in [6.07, 6.45) is 3.48. The predicted molar refractivity (Wildman–Crippen MR) is 70.6 cm³/mol. The minimum absolute atomic E-state index is 0.210. The third-order valence-corrected chi connectivity index (χ3v) is 3.01. The average Bonchev–Trinajstić information content (AvgIpc) is 2.43. The van der Waals surface area contributed by atoms with Gasteiger partial charge in [-0.15, -0.1) is 0 Å². The minimum atomic E-state index is -0.825. The van der Waals surface area contributed by atoms with E-state index in [0.29, 0.717) is 18.4 Å². The van der Waals surface area contributed by atoms with Crippen molar-refractivity contribution in [3.05, 3.63) is 65.5 Å². The van der Waals surface area contributed by atoms with Crippen molar-refractivity contribution >= 4 is 0 Å². The Kier molecular flexibility index (Phi) is 4.58. The maximum absolute atomic E-state index is 13.5. The maximum atomic E-state index is 13.5. The van der Waals surface area contributed by atoms with E-state index in [4.69, 9.17) is 5.73 Å². The summed E-state index contributed by atoms with van der Waals surface area (Å²) >= 11 is 0. The fourth-order valence-electron chi connectivity index (χ4n) is 1.97. The third kappa shape index (κ3) is 3.83. The van der Waals surface area contributed by atoms with Crippen LogP contribution >= 0.6 is 0 Å². The molecular formula is C15H16F2N2. The Morgan fingerprint density at radius 3 is 2.68 bits per heavy atom. The molecule has 0 spiro atoms. The number of nitrogens with zero attached hydrogens (tertiary/aromatic N) is 1. The van der Waals surface area contributed by atoms with E-state index >= 15 is 0 Å². The van der Waals surface area contributed by atoms with E-state index in [0.717, 1.165) is 18.2 Å². The van der Waals surface area contributed by atoms with Crippen LogP contribution in [0.25, 0.3) is 0 Å². The standard InChI is InChI=1S/C15H16F2N2/c16-14-6-3-4-11(15(14)17)10-12(18)7-8-13-5-1-2-9-19-13/h1-6,9,12H,7-8,10,18H2. The molecule has 1 heterocycles. The molecule has 0 bridgehead atoms. The lowest BCUT2D eigenvalue weighted by molar-refractivity contribution is 0.489. The highest BCUT2D eigenvalue weighted by Gasteiger charge is 2.11. The van der Waals surface area contributed by atoms with Crippen LogP contribution < -0.4 is 5.73 Å². The van der Waals surface area contributed by atoms with E-state index in [1.807, 2.05) is 18.2 Å². The lowest BCUT2D eigenvalue weighted by Gasteiger charge is -2.12. The van der Waals surface area contributed by atoms with Crippen LogP contribution in [0.15, 0.2) is 42.6 Å². The molecule has 1 unspecified atom stereocenters. The summed E-state index contributed by atoms with van der Waals surface area (Å²) in [7, 11) is 0. The highest BCUT2D eigenvalue weighted by molar-refractivity contribution is 5.20. The molecule has 0 aliphatic rings. The molecule has 0 saturated heterocycles. The van der Waals surface area contributed by atoms with Gasteiger partial charge in [0.2, 0.25) is 0 Å². The molecule has 0 fully saturated rings. The Morgan fingerprint density at radius 1 is 1.11 bits per heavy atom. The first-order valence-electron chi connectivity index (χ1n) is 6.25. The Bertz CT molecular complexity index is 529. The van der Waals surface area contributed by atoms with Gasteiger partial charge in [-0.25, -0.2) is 8.78 Å². The number of nitrogens with two attached hydrogens (primary N) is 1. The molecule has 100 valence electrons. The summed E-state index contributed by atoms with van der Waals surface area (Å²) < 4.78 is 26.5. The van der Waals surface area contributed by atoms with Crippen LogP contribution in [0.3, 0.4) is 0 Å². The molecular weight excluding hydrogens is 246 g/mol. The molecule has 2 nitrogen and oxygen atoms in total. The molecule has 1 aromatic carbocycles. The lowest BCUT2D eigenvalue weighted by Crippen LogP contribution is -2.24. The number of hydrogen-bond acceptors (Lipinski definition) is 2. The van der Waals surface area contributed by atoms with E-state index < -0.39 is 11.6 Å². The smallest absolute Gasteiger partial charge is 0.162 e. The van der Waals surface area contributed by atoms with Crippen LogP contribution in [-0.4, -0.2) is 11.0 Å². The Hall–Kier alpha value is -1.81. The topological polar surface area (TPSA) is 38.9 Å². The highest BCUT2D eigenvalue weighted by atomic mass is 19.2. The van der Waals surface area contributed by atoms with Crippen molar-refractivity contribution in [2.24, 2.45) is 5.73 Å². The van der Waals surface area contributed by atoms with Gasteiger partial charge in [0.05, 0.1) is 0 Å². The minimum Gasteiger partial charge on any atom is -0.327 e. The molecule has 0 aliphatic heterocycles. The predicted octanol–water partition coefficient (Wildman–Crippen LogP) is 2.86. The van der Waals surface area contributed by atoms with Gasteiger partial charge >= 0.3 is 0 Å². The van der Waals surface area contributed by atoms with Gasteiger partial charge in [-0.1, -0.05) is 18.2 Å².